The highest BCUT2D eigenvalue weighted by molar-refractivity contribution is 5.38. The number of anilines is 1. The molecule has 96 valence electrons. The third-order valence-electron chi connectivity index (χ3n) is 2.21. The lowest BCUT2D eigenvalue weighted by Crippen LogP contribution is -2.07. The normalized spacial score (nSPS) is 11.6. The topological polar surface area (TPSA) is 51.0 Å². The summed E-state index contributed by atoms with van der Waals surface area (Å²) in [7, 11) is 0. The van der Waals surface area contributed by atoms with E-state index in [1.54, 1.807) is 13.0 Å². The van der Waals surface area contributed by atoms with Crippen LogP contribution in [0, 0.1) is 6.92 Å². The van der Waals surface area contributed by atoms with Gasteiger partial charge >= 0.3 is 6.18 Å². The van der Waals surface area contributed by atoms with Gasteiger partial charge in [0.15, 0.2) is 5.76 Å². The minimum Gasteiger partial charge on any atom is -0.363 e. The van der Waals surface area contributed by atoms with Gasteiger partial charge in [-0.25, -0.2) is 4.98 Å². The van der Waals surface area contributed by atoms with E-state index in [-0.39, 0.29) is 12.4 Å². The van der Waals surface area contributed by atoms with E-state index in [9.17, 15) is 13.2 Å². The number of hydrogen-bond donors (Lipinski definition) is 1. The van der Waals surface area contributed by atoms with Crippen LogP contribution in [0.15, 0.2) is 28.9 Å². The third kappa shape index (κ3) is 2.99. The molecule has 0 spiro atoms. The summed E-state index contributed by atoms with van der Waals surface area (Å²) < 4.78 is 42.3. The van der Waals surface area contributed by atoms with Gasteiger partial charge in [-0.05, 0) is 19.1 Å². The zero-order valence-electron chi connectivity index (χ0n) is 9.45. The second-order valence-electron chi connectivity index (χ2n) is 3.72. The van der Waals surface area contributed by atoms with Crippen molar-refractivity contribution in [2.75, 3.05) is 5.32 Å². The number of nitrogens with one attached hydrogen (secondary N) is 1. The van der Waals surface area contributed by atoms with Gasteiger partial charge in [0.2, 0.25) is 0 Å². The molecule has 2 aromatic rings. The average molecular weight is 257 g/mol. The minimum absolute atomic E-state index is 0.138. The number of alkyl halides is 3. The zero-order valence-corrected chi connectivity index (χ0v) is 9.45. The highest BCUT2D eigenvalue weighted by Gasteiger charge is 2.30. The molecule has 0 amide bonds. The molecule has 0 aliphatic heterocycles. The Labute approximate surface area is 101 Å². The van der Waals surface area contributed by atoms with E-state index in [0.717, 1.165) is 18.3 Å². The first-order valence-corrected chi connectivity index (χ1v) is 5.14. The lowest BCUT2D eigenvalue weighted by atomic mass is 10.2. The molecule has 0 bridgehead atoms. The fourth-order valence-corrected chi connectivity index (χ4v) is 1.38. The molecule has 18 heavy (non-hydrogen) atoms. The number of hydrogen-bond acceptors (Lipinski definition) is 4. The minimum atomic E-state index is -4.37. The average Bonchev–Trinajstić information content (AvgIpc) is 2.72. The Morgan fingerprint density at radius 1 is 1.33 bits per heavy atom. The van der Waals surface area contributed by atoms with Crippen LogP contribution in [0.1, 0.15) is 17.0 Å². The molecule has 2 aromatic heterocycles. The molecule has 4 nitrogen and oxygen atoms in total. The van der Waals surface area contributed by atoms with Crippen molar-refractivity contribution < 1.29 is 17.7 Å². The van der Waals surface area contributed by atoms with Crippen molar-refractivity contribution in [2.45, 2.75) is 19.6 Å². The van der Waals surface area contributed by atoms with Gasteiger partial charge in [0, 0.05) is 12.3 Å². The summed E-state index contributed by atoms with van der Waals surface area (Å²) in [5.74, 6) is 0.672. The standard InChI is InChI=1S/C11H10F3N3O/c1-7-4-9(18-17-7)6-16-10-5-8(2-3-15-10)11(12,13)14/h2-5H,6H2,1H3,(H,15,16). The fraction of sp³-hybridized carbons (Fsp3) is 0.273. The maximum Gasteiger partial charge on any atom is 0.416 e. The maximum absolute atomic E-state index is 12.5. The molecule has 0 unspecified atom stereocenters. The van der Waals surface area contributed by atoms with Crippen molar-refractivity contribution >= 4 is 5.82 Å². The number of pyridine rings is 1. The highest BCUT2D eigenvalue weighted by atomic mass is 19.4. The Hall–Kier alpha value is -2.05. The molecule has 0 fully saturated rings. The second kappa shape index (κ2) is 4.67. The molecule has 2 heterocycles. The van der Waals surface area contributed by atoms with E-state index in [0.29, 0.717) is 11.5 Å². The quantitative estimate of drug-likeness (QED) is 0.918. The van der Waals surface area contributed by atoms with E-state index in [4.69, 9.17) is 4.52 Å². The van der Waals surface area contributed by atoms with E-state index in [1.807, 2.05) is 0 Å². The second-order valence-corrected chi connectivity index (χ2v) is 3.72. The molecule has 0 aromatic carbocycles. The van der Waals surface area contributed by atoms with E-state index < -0.39 is 11.7 Å². The Morgan fingerprint density at radius 3 is 2.72 bits per heavy atom. The Bertz CT molecular complexity index is 536. The lowest BCUT2D eigenvalue weighted by molar-refractivity contribution is -0.137. The van der Waals surface area contributed by atoms with Crippen molar-refractivity contribution in [3.05, 3.63) is 41.4 Å². The fourth-order valence-electron chi connectivity index (χ4n) is 1.38. The summed E-state index contributed by atoms with van der Waals surface area (Å²) >= 11 is 0. The van der Waals surface area contributed by atoms with Crippen LogP contribution in [0.3, 0.4) is 0 Å². The summed E-state index contributed by atoms with van der Waals surface area (Å²) in [5.41, 5.74) is -0.0300. The zero-order chi connectivity index (χ0) is 13.2. The Morgan fingerprint density at radius 2 is 2.11 bits per heavy atom. The van der Waals surface area contributed by atoms with Gasteiger partial charge in [0.25, 0.3) is 0 Å². The molecular formula is C11H10F3N3O. The van der Waals surface area contributed by atoms with Crippen molar-refractivity contribution in [1.82, 2.24) is 10.1 Å². The van der Waals surface area contributed by atoms with E-state index in [1.165, 1.54) is 0 Å². The maximum atomic E-state index is 12.5. The molecule has 0 saturated carbocycles. The van der Waals surface area contributed by atoms with Crippen molar-refractivity contribution in [3.8, 4) is 0 Å². The molecule has 0 atom stereocenters. The van der Waals surface area contributed by atoms with Crippen LogP contribution in [-0.4, -0.2) is 10.1 Å². The van der Waals surface area contributed by atoms with Gasteiger partial charge in [-0.1, -0.05) is 5.16 Å². The Kier molecular flexibility index (Phi) is 3.22. The van der Waals surface area contributed by atoms with E-state index in [2.05, 4.69) is 15.5 Å². The van der Waals surface area contributed by atoms with Crippen molar-refractivity contribution in [1.29, 1.82) is 0 Å². The number of aromatic nitrogens is 2. The molecule has 0 aliphatic carbocycles. The first-order chi connectivity index (χ1) is 8.45. The predicted molar refractivity (Wildman–Crippen MR) is 57.8 cm³/mol. The SMILES string of the molecule is Cc1cc(CNc2cc(C(F)(F)F)ccn2)on1. The molecule has 7 heteroatoms. The van der Waals surface area contributed by atoms with Crippen LogP contribution in [0.5, 0.6) is 0 Å². The van der Waals surface area contributed by atoms with Gasteiger partial charge in [0.05, 0.1) is 17.8 Å². The summed E-state index contributed by atoms with van der Waals surface area (Å²) in [4.78, 5) is 3.80. The lowest BCUT2D eigenvalue weighted by Gasteiger charge is -2.08. The summed E-state index contributed by atoms with van der Waals surface area (Å²) in [6.45, 7) is 1.99. The van der Waals surface area contributed by atoms with Gasteiger partial charge in [0.1, 0.15) is 5.82 Å². The summed E-state index contributed by atoms with van der Waals surface area (Å²) in [5, 5.41) is 6.41. The van der Waals surface area contributed by atoms with Gasteiger partial charge in [-0.15, -0.1) is 0 Å². The van der Waals surface area contributed by atoms with Gasteiger partial charge in [-0.2, -0.15) is 13.2 Å². The number of rotatable bonds is 3. The molecule has 0 radical (unpaired) electrons. The molecule has 0 saturated heterocycles. The molecule has 1 N–H and O–H groups in total. The van der Waals surface area contributed by atoms with Crippen molar-refractivity contribution in [3.63, 3.8) is 0 Å². The number of aryl methyl sites for hydroxylation is 1. The first-order valence-electron chi connectivity index (χ1n) is 5.14. The van der Waals surface area contributed by atoms with Gasteiger partial charge in [-0.3, -0.25) is 0 Å². The number of nitrogens with zero attached hydrogens (tertiary/aromatic N) is 2. The van der Waals surface area contributed by atoms with Crippen LogP contribution < -0.4 is 5.32 Å². The van der Waals surface area contributed by atoms with E-state index >= 15 is 0 Å². The molecule has 2 rings (SSSR count). The van der Waals surface area contributed by atoms with Crippen molar-refractivity contribution in [2.24, 2.45) is 0 Å². The smallest absolute Gasteiger partial charge is 0.363 e. The third-order valence-corrected chi connectivity index (χ3v) is 2.21. The Balaban J connectivity index is 2.06. The monoisotopic (exact) mass is 257 g/mol. The van der Waals surface area contributed by atoms with Crippen LogP contribution in [0.25, 0.3) is 0 Å². The van der Waals surface area contributed by atoms with Crippen LogP contribution in [0.2, 0.25) is 0 Å². The summed E-state index contributed by atoms with van der Waals surface area (Å²) in [6, 6.07) is 3.56. The molecular weight excluding hydrogens is 247 g/mol. The highest BCUT2D eigenvalue weighted by Crippen LogP contribution is 2.29. The molecule has 0 aliphatic rings. The van der Waals surface area contributed by atoms with Crippen LogP contribution >= 0.6 is 0 Å². The van der Waals surface area contributed by atoms with Crippen LogP contribution in [-0.2, 0) is 12.7 Å². The largest absolute Gasteiger partial charge is 0.416 e. The van der Waals surface area contributed by atoms with Gasteiger partial charge < -0.3 is 9.84 Å². The predicted octanol–water partition coefficient (Wildman–Crippen LogP) is 3.01. The van der Waals surface area contributed by atoms with Crippen LogP contribution in [0.4, 0.5) is 19.0 Å². The number of halogens is 3. The summed E-state index contributed by atoms with van der Waals surface area (Å²) in [6.07, 6.45) is -3.26. The first kappa shape index (κ1) is 12.4.